The average molecular weight is 638 g/mol. The van der Waals surface area contributed by atoms with Crippen LogP contribution in [0.25, 0.3) is 0 Å². The van der Waals surface area contributed by atoms with Gasteiger partial charge in [-0.3, -0.25) is 9.59 Å². The van der Waals surface area contributed by atoms with E-state index in [4.69, 9.17) is 14.7 Å². The fourth-order valence-electron chi connectivity index (χ4n) is 4.76. The largest absolute Gasteiger partial charge is 0.451 e. The summed E-state index contributed by atoms with van der Waals surface area (Å²) in [5.41, 5.74) is 0.497. The third-order valence-corrected chi connectivity index (χ3v) is 9.93. The van der Waals surface area contributed by atoms with Gasteiger partial charge in [-0.25, -0.2) is 9.48 Å². The molecule has 222 valence electrons. The minimum absolute atomic E-state index is 0.0197. The number of carbonyl (C=O) groups is 3. The molecule has 1 aromatic heterocycles. The molecule has 43 heavy (non-hydrogen) atoms. The summed E-state index contributed by atoms with van der Waals surface area (Å²) in [6.07, 6.45) is -0.722. The molecule has 3 aromatic rings. The van der Waals surface area contributed by atoms with Crippen LogP contribution in [-0.2, 0) is 30.9 Å². The van der Waals surface area contributed by atoms with Crippen molar-refractivity contribution in [3.05, 3.63) is 82.8 Å². The number of thioether (sulfide) groups is 3. The summed E-state index contributed by atoms with van der Waals surface area (Å²) in [7, 11) is 3.05. The smallest absolute Gasteiger partial charge is 0.334 e. The van der Waals surface area contributed by atoms with Crippen molar-refractivity contribution >= 4 is 53.1 Å². The average Bonchev–Trinajstić information content (AvgIpc) is 3.45. The molecule has 12 nitrogen and oxygen atoms in total. The van der Waals surface area contributed by atoms with Gasteiger partial charge in [0.25, 0.3) is 11.6 Å². The zero-order chi connectivity index (χ0) is 30.4. The number of aryl methyl sites for hydroxylation is 1. The zero-order valence-electron chi connectivity index (χ0n) is 23.2. The van der Waals surface area contributed by atoms with Crippen molar-refractivity contribution in [3.63, 3.8) is 0 Å². The summed E-state index contributed by atoms with van der Waals surface area (Å²) < 4.78 is 13.3. The lowest BCUT2D eigenvalue weighted by atomic mass is 9.94. The number of aromatic nitrogens is 4. The van der Waals surface area contributed by atoms with Crippen molar-refractivity contribution in [3.8, 4) is 6.07 Å². The number of hydrogen-bond acceptors (Lipinski definition) is 12. The first kappa shape index (κ1) is 30.6. The number of nitriles is 1. The molecule has 15 heteroatoms. The topological polar surface area (TPSA) is 152 Å². The number of benzene rings is 2. The number of ether oxygens (including phenoxy) is 2. The van der Waals surface area contributed by atoms with Gasteiger partial charge in [-0.2, -0.15) is 5.26 Å². The highest BCUT2D eigenvalue weighted by Gasteiger charge is 2.67. The minimum Gasteiger partial charge on any atom is -0.451 e. The first-order valence-electron chi connectivity index (χ1n) is 13.0. The van der Waals surface area contributed by atoms with Gasteiger partial charge in [0.2, 0.25) is 11.1 Å². The Labute approximate surface area is 260 Å². The molecule has 0 spiro atoms. The van der Waals surface area contributed by atoms with Gasteiger partial charge in [0.1, 0.15) is 5.37 Å². The lowest BCUT2D eigenvalue weighted by Crippen LogP contribution is -2.83. The molecular formula is C28H27N7O5S3. The van der Waals surface area contributed by atoms with Gasteiger partial charge >= 0.3 is 5.97 Å². The van der Waals surface area contributed by atoms with Crippen molar-refractivity contribution in [2.75, 3.05) is 24.4 Å². The molecule has 3 heterocycles. The van der Waals surface area contributed by atoms with Gasteiger partial charge in [-0.15, -0.1) is 28.6 Å². The summed E-state index contributed by atoms with van der Waals surface area (Å²) in [6.45, 7) is 0. The Morgan fingerprint density at radius 3 is 2.42 bits per heavy atom. The summed E-state index contributed by atoms with van der Waals surface area (Å²) in [4.78, 5) is 42.0. The van der Waals surface area contributed by atoms with Crippen LogP contribution in [0.5, 0.6) is 0 Å². The summed E-state index contributed by atoms with van der Waals surface area (Å²) in [6, 6.07) is 19.6. The number of carbonyl (C=O) groups excluding carboxylic acids is 3. The Kier molecular flexibility index (Phi) is 9.71. The van der Waals surface area contributed by atoms with Crippen LogP contribution in [0, 0.1) is 11.3 Å². The van der Waals surface area contributed by atoms with E-state index in [1.54, 1.807) is 12.5 Å². The molecule has 3 atom stereocenters. The maximum atomic E-state index is 14.1. The lowest BCUT2D eigenvalue weighted by molar-refractivity contribution is -0.202. The third-order valence-electron chi connectivity index (χ3n) is 6.79. The lowest BCUT2D eigenvalue weighted by Gasteiger charge is -2.57. The fourth-order valence-corrected chi connectivity index (χ4v) is 7.49. The molecule has 0 saturated carbocycles. The number of esters is 1. The van der Waals surface area contributed by atoms with Crippen LogP contribution in [0.2, 0.25) is 0 Å². The van der Waals surface area contributed by atoms with Gasteiger partial charge in [0.05, 0.1) is 17.6 Å². The van der Waals surface area contributed by atoms with E-state index in [1.165, 1.54) is 40.2 Å². The van der Waals surface area contributed by atoms with E-state index in [0.717, 1.165) is 22.9 Å². The first-order valence-corrected chi connectivity index (χ1v) is 16.1. The molecule has 2 aliphatic heterocycles. The van der Waals surface area contributed by atoms with Crippen LogP contribution in [0.15, 0.2) is 76.8 Å². The number of tetrazole rings is 1. The summed E-state index contributed by atoms with van der Waals surface area (Å²) in [5, 5.41) is 24.6. The van der Waals surface area contributed by atoms with Crippen molar-refractivity contribution in [1.29, 1.82) is 5.26 Å². The zero-order valence-corrected chi connectivity index (χ0v) is 25.6. The molecule has 1 N–H and O–H groups in total. The molecule has 2 aliphatic rings. The van der Waals surface area contributed by atoms with Crippen molar-refractivity contribution in [1.82, 2.24) is 30.4 Å². The molecule has 2 amide bonds. The van der Waals surface area contributed by atoms with Gasteiger partial charge in [0.15, 0.2) is 12.1 Å². The Bertz CT molecular complexity index is 1510. The van der Waals surface area contributed by atoms with E-state index in [2.05, 4.69) is 20.8 Å². The van der Waals surface area contributed by atoms with Crippen molar-refractivity contribution in [2.45, 2.75) is 28.4 Å². The molecular weight excluding hydrogens is 611 g/mol. The maximum Gasteiger partial charge on any atom is 0.334 e. The van der Waals surface area contributed by atoms with Crippen LogP contribution >= 0.6 is 35.3 Å². The summed E-state index contributed by atoms with van der Waals surface area (Å²) in [5.74, 6) is -1.23. The molecule has 1 saturated heterocycles. The molecule has 5 rings (SSSR count). The van der Waals surface area contributed by atoms with Gasteiger partial charge in [-0.05, 0) is 32.5 Å². The number of rotatable bonds is 12. The number of methoxy groups -OCH3 is 1. The molecule has 0 aliphatic carbocycles. The van der Waals surface area contributed by atoms with Gasteiger partial charge < -0.3 is 19.7 Å². The van der Waals surface area contributed by atoms with Crippen LogP contribution < -0.4 is 5.32 Å². The Morgan fingerprint density at radius 1 is 1.16 bits per heavy atom. The standard InChI is InChI=1S/C28H27N7O5S3/c1-34-27(31-32-33-34)43-16-20-15-42-26-28(39-2,30-21(36)17-41-14-13-29)25(38)35(26)22(20)24(37)40-23(18-9-5-3-6-10-18)19-11-7-4-8-12-19/h3-12,15,22-23,26H,14,16-17H2,1-2H3,(H,30,36)/t22?,26?,28-/m0/s1. The predicted molar refractivity (Wildman–Crippen MR) is 161 cm³/mol. The summed E-state index contributed by atoms with van der Waals surface area (Å²) >= 11 is 3.71. The Morgan fingerprint density at radius 2 is 1.84 bits per heavy atom. The second kappa shape index (κ2) is 13.6. The highest BCUT2D eigenvalue weighted by atomic mass is 32.2. The molecule has 0 bridgehead atoms. The number of β-lactam (4-membered cyclic amide) rings is 1. The molecule has 2 aromatic carbocycles. The highest BCUT2D eigenvalue weighted by Crippen LogP contribution is 2.47. The first-order chi connectivity index (χ1) is 20.9. The monoisotopic (exact) mass is 637 g/mol. The molecule has 0 radical (unpaired) electrons. The van der Waals surface area contributed by atoms with E-state index < -0.39 is 41.0 Å². The predicted octanol–water partition coefficient (Wildman–Crippen LogP) is 2.52. The van der Waals surface area contributed by atoms with Crippen LogP contribution in [0.4, 0.5) is 0 Å². The minimum atomic E-state index is -1.67. The van der Waals surface area contributed by atoms with E-state index in [-0.39, 0.29) is 11.5 Å². The highest BCUT2D eigenvalue weighted by molar-refractivity contribution is 8.03. The van der Waals surface area contributed by atoms with Crippen LogP contribution in [-0.4, -0.2) is 84.4 Å². The number of fused-ring (bicyclic) bond motifs is 1. The third kappa shape index (κ3) is 6.28. The SMILES string of the molecule is CO[C@@]1(NC(=O)CSCC#N)C(=O)N2C(C(=O)OC(c3ccccc3)c3ccccc3)C(CSc3nnnn3C)=CSC21. The molecule has 2 unspecified atom stereocenters. The van der Waals surface area contributed by atoms with E-state index >= 15 is 0 Å². The number of hydrogen-bond donors (Lipinski definition) is 1. The normalized spacial score (nSPS) is 20.9. The van der Waals surface area contributed by atoms with Crippen molar-refractivity contribution < 1.29 is 23.9 Å². The second-order valence-electron chi connectivity index (χ2n) is 9.45. The number of nitrogens with one attached hydrogen (secondary N) is 1. The van der Waals surface area contributed by atoms with Crippen LogP contribution in [0.3, 0.4) is 0 Å². The Hall–Kier alpha value is -3.84. The van der Waals surface area contributed by atoms with Gasteiger partial charge in [-0.1, -0.05) is 72.4 Å². The number of nitrogens with zero attached hydrogens (tertiary/aromatic N) is 6. The van der Waals surface area contributed by atoms with E-state index in [0.29, 0.717) is 16.5 Å². The molecule has 1 fully saturated rings. The second-order valence-corrected chi connectivity index (χ2v) is 12.3. The van der Waals surface area contributed by atoms with Crippen LogP contribution in [0.1, 0.15) is 17.2 Å². The van der Waals surface area contributed by atoms with E-state index in [1.807, 2.05) is 66.7 Å². The maximum absolute atomic E-state index is 14.1. The fraction of sp³-hybridized carbons (Fsp3) is 0.321. The van der Waals surface area contributed by atoms with E-state index in [9.17, 15) is 14.4 Å². The van der Waals surface area contributed by atoms with Crippen molar-refractivity contribution in [2.24, 2.45) is 7.05 Å². The Balaban J connectivity index is 1.45. The van der Waals surface area contributed by atoms with Gasteiger partial charge in [0, 0.05) is 19.9 Å². The number of amides is 2. The quantitative estimate of drug-likeness (QED) is 0.102.